The minimum Gasteiger partial charge on any atom is -0.373 e. The van der Waals surface area contributed by atoms with E-state index in [4.69, 9.17) is 4.74 Å². The number of methoxy groups -OCH3 is 1. The summed E-state index contributed by atoms with van der Waals surface area (Å²) in [6.45, 7) is 9.44. The average molecular weight is 377 g/mol. The first-order chi connectivity index (χ1) is 9.04. The van der Waals surface area contributed by atoms with E-state index >= 15 is 0 Å². The molecular formula is C14H24IN3O. The number of hydrogen-bond donors (Lipinski definition) is 1. The van der Waals surface area contributed by atoms with Gasteiger partial charge in [-0.1, -0.05) is 27.7 Å². The molecule has 0 saturated carbocycles. The number of aryl methyl sites for hydroxylation is 1. The van der Waals surface area contributed by atoms with Gasteiger partial charge < -0.3 is 10.1 Å². The molecular weight excluding hydrogens is 353 g/mol. The van der Waals surface area contributed by atoms with Gasteiger partial charge in [0.25, 0.3) is 0 Å². The maximum absolute atomic E-state index is 5.54. The SMILES string of the molecule is CCCNc1nc(C(OC)C(C)C)nc(CC)c1I. The lowest BCUT2D eigenvalue weighted by Crippen LogP contribution is -2.17. The number of hydrogen-bond acceptors (Lipinski definition) is 4. The number of anilines is 1. The monoisotopic (exact) mass is 377 g/mol. The Morgan fingerprint density at radius 3 is 2.42 bits per heavy atom. The third kappa shape index (κ3) is 4.27. The van der Waals surface area contributed by atoms with Crippen molar-refractivity contribution >= 4 is 28.4 Å². The van der Waals surface area contributed by atoms with Crippen LogP contribution < -0.4 is 5.32 Å². The van der Waals surface area contributed by atoms with E-state index in [0.29, 0.717) is 5.92 Å². The summed E-state index contributed by atoms with van der Waals surface area (Å²) >= 11 is 2.32. The third-order valence-corrected chi connectivity index (χ3v) is 4.06. The minimum absolute atomic E-state index is 0.0514. The van der Waals surface area contributed by atoms with Crippen molar-refractivity contribution in [2.24, 2.45) is 5.92 Å². The smallest absolute Gasteiger partial charge is 0.160 e. The Kier molecular flexibility index (Phi) is 6.99. The fraction of sp³-hybridized carbons (Fsp3) is 0.714. The first-order valence-corrected chi connectivity index (χ1v) is 7.95. The molecule has 1 N–H and O–H groups in total. The summed E-state index contributed by atoms with van der Waals surface area (Å²) in [5.74, 6) is 2.08. The van der Waals surface area contributed by atoms with Gasteiger partial charge in [-0.25, -0.2) is 9.97 Å². The Morgan fingerprint density at radius 2 is 1.95 bits per heavy atom. The van der Waals surface area contributed by atoms with E-state index in [1.54, 1.807) is 7.11 Å². The molecule has 1 atom stereocenters. The fourth-order valence-corrected chi connectivity index (χ4v) is 2.72. The van der Waals surface area contributed by atoms with E-state index in [1.807, 2.05) is 0 Å². The Balaban J connectivity index is 3.18. The zero-order chi connectivity index (χ0) is 14.4. The maximum atomic E-state index is 5.54. The van der Waals surface area contributed by atoms with Crippen LogP contribution in [0, 0.1) is 9.49 Å². The van der Waals surface area contributed by atoms with Gasteiger partial charge in [0.1, 0.15) is 11.9 Å². The van der Waals surface area contributed by atoms with Crippen LogP contribution in [-0.4, -0.2) is 23.6 Å². The molecule has 0 fully saturated rings. The average Bonchev–Trinajstić information content (AvgIpc) is 2.39. The fourth-order valence-electron chi connectivity index (χ4n) is 1.91. The molecule has 0 aliphatic heterocycles. The number of rotatable bonds is 7. The summed E-state index contributed by atoms with van der Waals surface area (Å²) in [5.41, 5.74) is 1.09. The first-order valence-electron chi connectivity index (χ1n) is 6.88. The highest BCUT2D eigenvalue weighted by molar-refractivity contribution is 14.1. The predicted octanol–water partition coefficient (Wildman–Crippen LogP) is 3.81. The van der Waals surface area contributed by atoms with Crippen molar-refractivity contribution in [2.45, 2.75) is 46.6 Å². The normalized spacial score (nSPS) is 12.8. The van der Waals surface area contributed by atoms with E-state index in [1.165, 1.54) is 0 Å². The largest absolute Gasteiger partial charge is 0.373 e. The quantitative estimate of drug-likeness (QED) is 0.735. The van der Waals surface area contributed by atoms with Crippen LogP contribution in [-0.2, 0) is 11.2 Å². The van der Waals surface area contributed by atoms with Gasteiger partial charge in [0.15, 0.2) is 5.82 Å². The van der Waals surface area contributed by atoms with E-state index in [0.717, 1.165) is 40.3 Å². The van der Waals surface area contributed by atoms with Gasteiger partial charge in [0.2, 0.25) is 0 Å². The van der Waals surface area contributed by atoms with Crippen LogP contribution in [0.25, 0.3) is 0 Å². The van der Waals surface area contributed by atoms with E-state index in [-0.39, 0.29) is 6.10 Å². The van der Waals surface area contributed by atoms with Crippen molar-refractivity contribution in [3.8, 4) is 0 Å². The lowest BCUT2D eigenvalue weighted by atomic mass is 10.1. The van der Waals surface area contributed by atoms with E-state index in [9.17, 15) is 0 Å². The summed E-state index contributed by atoms with van der Waals surface area (Å²) in [4.78, 5) is 9.32. The van der Waals surface area contributed by atoms with Crippen molar-refractivity contribution < 1.29 is 4.74 Å². The molecule has 1 aromatic heterocycles. The van der Waals surface area contributed by atoms with Crippen LogP contribution >= 0.6 is 22.6 Å². The standard InChI is InChI=1S/C14H24IN3O/c1-6-8-16-13-11(15)10(7-2)17-14(18-13)12(19-5)9(3)4/h9,12H,6-8H2,1-5H3,(H,16,17,18). The number of halogens is 1. The summed E-state index contributed by atoms with van der Waals surface area (Å²) in [7, 11) is 1.72. The molecule has 5 heteroatoms. The van der Waals surface area contributed by atoms with Gasteiger partial charge in [-0.3, -0.25) is 0 Å². The number of ether oxygens (including phenoxy) is 1. The van der Waals surface area contributed by atoms with Crippen LogP contribution in [0.3, 0.4) is 0 Å². The van der Waals surface area contributed by atoms with Gasteiger partial charge in [-0.2, -0.15) is 0 Å². The molecule has 0 spiro atoms. The van der Waals surface area contributed by atoms with E-state index in [2.05, 4.69) is 65.6 Å². The second-order valence-corrected chi connectivity index (χ2v) is 5.95. The molecule has 0 amide bonds. The van der Waals surface area contributed by atoms with Gasteiger partial charge in [-0.05, 0) is 41.4 Å². The molecule has 1 heterocycles. The van der Waals surface area contributed by atoms with Crippen molar-refractivity contribution in [3.05, 3.63) is 15.1 Å². The van der Waals surface area contributed by atoms with Crippen LogP contribution in [0.1, 0.15) is 51.7 Å². The summed E-state index contributed by atoms with van der Waals surface area (Å²) in [6, 6.07) is 0. The molecule has 0 saturated heterocycles. The second-order valence-electron chi connectivity index (χ2n) is 4.87. The van der Waals surface area contributed by atoms with Crippen LogP contribution in [0.4, 0.5) is 5.82 Å². The Hall–Kier alpha value is -0.430. The maximum Gasteiger partial charge on any atom is 0.160 e. The van der Waals surface area contributed by atoms with Crippen molar-refractivity contribution in [1.82, 2.24) is 9.97 Å². The van der Waals surface area contributed by atoms with Gasteiger partial charge in [-0.15, -0.1) is 0 Å². The third-order valence-electron chi connectivity index (χ3n) is 2.93. The lowest BCUT2D eigenvalue weighted by Gasteiger charge is -2.20. The minimum atomic E-state index is -0.0514. The Morgan fingerprint density at radius 1 is 1.26 bits per heavy atom. The Bertz CT molecular complexity index is 410. The van der Waals surface area contributed by atoms with Crippen molar-refractivity contribution in [3.63, 3.8) is 0 Å². The molecule has 0 radical (unpaired) electrons. The van der Waals surface area contributed by atoms with Gasteiger partial charge in [0, 0.05) is 13.7 Å². The molecule has 4 nitrogen and oxygen atoms in total. The zero-order valence-corrected chi connectivity index (χ0v) is 14.6. The van der Waals surface area contributed by atoms with Crippen molar-refractivity contribution in [1.29, 1.82) is 0 Å². The topological polar surface area (TPSA) is 47.0 Å². The molecule has 1 rings (SSSR count). The number of aromatic nitrogens is 2. The second kappa shape index (κ2) is 7.99. The number of nitrogens with one attached hydrogen (secondary N) is 1. The highest BCUT2D eigenvalue weighted by Gasteiger charge is 2.21. The van der Waals surface area contributed by atoms with Crippen LogP contribution in [0.5, 0.6) is 0 Å². The highest BCUT2D eigenvalue weighted by Crippen LogP contribution is 2.27. The Labute approximate surface area is 129 Å². The molecule has 108 valence electrons. The van der Waals surface area contributed by atoms with Gasteiger partial charge in [0.05, 0.1) is 9.26 Å². The molecule has 19 heavy (non-hydrogen) atoms. The van der Waals surface area contributed by atoms with Crippen molar-refractivity contribution in [2.75, 3.05) is 19.0 Å². The summed E-state index contributed by atoms with van der Waals surface area (Å²) < 4.78 is 6.66. The molecule has 0 aromatic carbocycles. The molecule has 1 aromatic rings. The molecule has 0 aliphatic carbocycles. The summed E-state index contributed by atoms with van der Waals surface area (Å²) in [6.07, 6.45) is 1.93. The zero-order valence-electron chi connectivity index (χ0n) is 12.5. The molecule has 0 bridgehead atoms. The van der Waals surface area contributed by atoms with Crippen LogP contribution in [0.15, 0.2) is 0 Å². The number of nitrogens with zero attached hydrogens (tertiary/aromatic N) is 2. The lowest BCUT2D eigenvalue weighted by molar-refractivity contribution is 0.0573. The first kappa shape index (κ1) is 16.6. The highest BCUT2D eigenvalue weighted by atomic mass is 127. The predicted molar refractivity (Wildman–Crippen MR) is 87.5 cm³/mol. The molecule has 1 unspecified atom stereocenters. The molecule has 0 aliphatic rings. The van der Waals surface area contributed by atoms with E-state index < -0.39 is 0 Å². The van der Waals surface area contributed by atoms with Crippen LogP contribution in [0.2, 0.25) is 0 Å². The van der Waals surface area contributed by atoms with Gasteiger partial charge >= 0.3 is 0 Å². The summed E-state index contributed by atoms with van der Waals surface area (Å²) in [5, 5.41) is 3.38.